The molecule has 0 atom stereocenters. The average Bonchev–Trinajstić information content (AvgIpc) is 2.70. The van der Waals surface area contributed by atoms with Crippen LogP contribution < -0.4 is 5.73 Å². The van der Waals surface area contributed by atoms with Crippen molar-refractivity contribution in [3.63, 3.8) is 0 Å². The Balaban J connectivity index is 0.00000233. The Labute approximate surface area is 194 Å². The van der Waals surface area contributed by atoms with E-state index < -0.39 is 11.7 Å². The van der Waals surface area contributed by atoms with Gasteiger partial charge in [0.25, 0.3) is 0 Å². The van der Waals surface area contributed by atoms with Crippen molar-refractivity contribution in [3.8, 4) is 0 Å². The van der Waals surface area contributed by atoms with E-state index >= 15 is 0 Å². The fraction of sp³-hybridized carbons (Fsp3) is 0.522. The highest BCUT2D eigenvalue weighted by atomic mass is 35.5. The number of nitrogens with zero attached hydrogens (tertiary/aromatic N) is 2. The number of piperidine rings is 1. The molecule has 4 nitrogen and oxygen atoms in total. The molecule has 1 heterocycles. The Morgan fingerprint density at radius 3 is 2.35 bits per heavy atom. The second-order valence-electron chi connectivity index (χ2n) is 7.72. The highest BCUT2D eigenvalue weighted by Gasteiger charge is 2.34. The molecule has 0 radical (unpaired) electrons. The Morgan fingerprint density at radius 1 is 1.29 bits per heavy atom. The molecule has 0 spiro atoms. The van der Waals surface area contributed by atoms with Crippen molar-refractivity contribution in [2.24, 2.45) is 10.7 Å². The molecule has 0 aromatic heterocycles. The van der Waals surface area contributed by atoms with Crippen LogP contribution in [0.25, 0.3) is 0 Å². The van der Waals surface area contributed by atoms with Gasteiger partial charge >= 0.3 is 6.11 Å². The van der Waals surface area contributed by atoms with Crippen LogP contribution in [0.1, 0.15) is 53.0 Å². The number of nitrogens with two attached hydrogens (primary N) is 1. The molecule has 1 aliphatic heterocycles. The zero-order chi connectivity index (χ0) is 24.0. The summed E-state index contributed by atoms with van der Waals surface area (Å²) in [4.78, 5) is 7.73. The zero-order valence-corrected chi connectivity index (χ0v) is 20.8. The highest BCUT2D eigenvalue weighted by molar-refractivity contribution is 8.04. The van der Waals surface area contributed by atoms with Gasteiger partial charge in [0.2, 0.25) is 0 Å². The van der Waals surface area contributed by atoms with Gasteiger partial charge in [0.15, 0.2) is 0 Å². The minimum absolute atomic E-state index is 0.0649. The summed E-state index contributed by atoms with van der Waals surface area (Å²) in [6.07, 6.45) is -2.67. The monoisotopic (exact) mass is 473 g/mol. The molecule has 2 rings (SSSR count). The summed E-state index contributed by atoms with van der Waals surface area (Å²) in [6.45, 7) is 15.8. The first-order valence-corrected chi connectivity index (χ1v) is 11.5. The van der Waals surface area contributed by atoms with Crippen molar-refractivity contribution in [2.45, 2.75) is 70.9 Å². The van der Waals surface area contributed by atoms with Crippen molar-refractivity contribution in [1.29, 1.82) is 0 Å². The van der Waals surface area contributed by atoms with Crippen LogP contribution in [0.15, 0.2) is 51.0 Å². The summed E-state index contributed by atoms with van der Waals surface area (Å²) in [7, 11) is 0. The maximum Gasteiger partial charge on any atom is 0.380 e. The lowest BCUT2D eigenvalue weighted by molar-refractivity contribution is -0.166. The summed E-state index contributed by atoms with van der Waals surface area (Å²) >= 11 is 7.55. The lowest BCUT2D eigenvalue weighted by Gasteiger charge is -2.38. The first kappa shape index (κ1) is 27.6. The molecule has 174 valence electrons. The Bertz CT molecular complexity index is 838. The SMILES string of the molecule is C=C(Sc1cccc(Cl)c1C)/C(C)=N\C(=C(/C)C(O)(F)F)N1CCC(C)(N)CC1.CC. The lowest BCUT2D eigenvalue weighted by atomic mass is 9.91. The van der Waals surface area contributed by atoms with Crippen LogP contribution in [0, 0.1) is 6.92 Å². The summed E-state index contributed by atoms with van der Waals surface area (Å²) in [5, 5.41) is 9.93. The van der Waals surface area contributed by atoms with Crippen LogP contribution in [0.2, 0.25) is 5.02 Å². The van der Waals surface area contributed by atoms with Gasteiger partial charge in [0.05, 0.1) is 11.3 Å². The number of allylic oxidation sites excluding steroid dienone is 1. The molecule has 8 heteroatoms. The average molecular weight is 474 g/mol. The topological polar surface area (TPSA) is 61.9 Å². The molecule has 0 unspecified atom stereocenters. The molecule has 1 aromatic rings. The van der Waals surface area contributed by atoms with E-state index in [0.29, 0.717) is 41.6 Å². The highest BCUT2D eigenvalue weighted by Crippen LogP contribution is 2.34. The molecule has 0 aliphatic carbocycles. The van der Waals surface area contributed by atoms with E-state index in [-0.39, 0.29) is 11.4 Å². The van der Waals surface area contributed by atoms with Crippen LogP contribution >= 0.6 is 23.4 Å². The van der Waals surface area contributed by atoms with Crippen LogP contribution in [0.3, 0.4) is 0 Å². The van der Waals surface area contributed by atoms with E-state index in [0.717, 1.165) is 10.5 Å². The van der Waals surface area contributed by atoms with Crippen molar-refractivity contribution >= 4 is 29.1 Å². The number of alkyl halides is 2. The van der Waals surface area contributed by atoms with Gasteiger partial charge in [0.1, 0.15) is 5.82 Å². The van der Waals surface area contributed by atoms with E-state index in [1.165, 1.54) is 18.7 Å². The first-order valence-electron chi connectivity index (χ1n) is 10.3. The third-order valence-electron chi connectivity index (χ3n) is 5.12. The molecule has 1 saturated heterocycles. The Hall–Kier alpha value is -1.41. The third kappa shape index (κ3) is 7.90. The summed E-state index contributed by atoms with van der Waals surface area (Å²) in [5.41, 5.74) is 6.75. The van der Waals surface area contributed by atoms with Gasteiger partial charge < -0.3 is 15.7 Å². The third-order valence-corrected chi connectivity index (χ3v) is 6.73. The summed E-state index contributed by atoms with van der Waals surface area (Å²) in [6, 6.07) is 5.57. The van der Waals surface area contributed by atoms with Crippen molar-refractivity contribution in [1.82, 2.24) is 4.90 Å². The zero-order valence-electron chi connectivity index (χ0n) is 19.2. The number of halogens is 3. The molecule has 0 saturated carbocycles. The number of aliphatic hydroxyl groups is 1. The van der Waals surface area contributed by atoms with Gasteiger partial charge in [-0.2, -0.15) is 8.78 Å². The largest absolute Gasteiger partial charge is 0.380 e. The lowest BCUT2D eigenvalue weighted by Crippen LogP contribution is -2.48. The predicted molar refractivity (Wildman–Crippen MR) is 129 cm³/mol. The van der Waals surface area contributed by atoms with Gasteiger partial charge in [-0.1, -0.05) is 49.9 Å². The second kappa shape index (κ2) is 11.5. The number of hydrogen-bond donors (Lipinski definition) is 2. The quantitative estimate of drug-likeness (QED) is 0.372. The van der Waals surface area contributed by atoms with Gasteiger partial charge in [-0.3, -0.25) is 0 Å². The van der Waals surface area contributed by atoms with E-state index in [4.69, 9.17) is 17.3 Å². The molecular formula is C23H34ClF2N3OS. The van der Waals surface area contributed by atoms with Crippen molar-refractivity contribution < 1.29 is 13.9 Å². The smallest absolute Gasteiger partial charge is 0.356 e. The summed E-state index contributed by atoms with van der Waals surface area (Å²) in [5.74, 6) is 0.0649. The number of rotatable bonds is 6. The number of thioether (sulfide) groups is 1. The molecule has 0 amide bonds. The van der Waals surface area contributed by atoms with Gasteiger partial charge in [-0.25, -0.2) is 4.99 Å². The normalized spacial score (nSPS) is 17.5. The van der Waals surface area contributed by atoms with E-state index in [1.54, 1.807) is 17.9 Å². The van der Waals surface area contributed by atoms with Gasteiger partial charge in [-0.05, 0) is 58.2 Å². The van der Waals surface area contributed by atoms with Crippen LogP contribution in [0.5, 0.6) is 0 Å². The molecule has 31 heavy (non-hydrogen) atoms. The molecule has 1 aliphatic rings. The fourth-order valence-electron chi connectivity index (χ4n) is 2.88. The maximum absolute atomic E-state index is 13.7. The molecule has 3 N–H and O–H groups in total. The summed E-state index contributed by atoms with van der Waals surface area (Å²) < 4.78 is 27.4. The van der Waals surface area contributed by atoms with Gasteiger partial charge in [-0.15, -0.1) is 0 Å². The predicted octanol–water partition coefficient (Wildman–Crippen LogP) is 6.37. The number of aliphatic imine (C=N–C) groups is 1. The fourth-order valence-corrected chi connectivity index (χ4v) is 3.98. The Kier molecular flexibility index (Phi) is 10.2. The van der Waals surface area contributed by atoms with Crippen LogP contribution in [-0.4, -0.2) is 40.5 Å². The minimum Gasteiger partial charge on any atom is -0.356 e. The second-order valence-corrected chi connectivity index (χ2v) is 9.26. The van der Waals surface area contributed by atoms with E-state index in [9.17, 15) is 13.9 Å². The molecule has 1 fully saturated rings. The van der Waals surface area contributed by atoms with Crippen molar-refractivity contribution in [2.75, 3.05) is 13.1 Å². The number of hydrogen-bond acceptors (Lipinski definition) is 5. The maximum atomic E-state index is 13.7. The molecular weight excluding hydrogens is 440 g/mol. The Morgan fingerprint density at radius 2 is 1.84 bits per heavy atom. The first-order chi connectivity index (χ1) is 14.3. The van der Waals surface area contributed by atoms with E-state index in [2.05, 4.69) is 11.6 Å². The van der Waals surface area contributed by atoms with Crippen LogP contribution in [-0.2, 0) is 0 Å². The molecule has 0 bridgehead atoms. The standard InChI is InChI=1S/C21H28ClF2N3OS.C2H6/c1-13-17(22)7-6-8-18(13)29-16(4)15(3)26-19(14(2)21(23,24)28)27-11-9-20(5,25)10-12-27;1-2/h6-8,28H,4,9-12,25H2,1-3,5H3;1-2H3/b19-14-,26-15-;. The van der Waals surface area contributed by atoms with Crippen molar-refractivity contribution in [3.05, 3.63) is 51.7 Å². The molecule has 1 aromatic carbocycles. The minimum atomic E-state index is -3.96. The van der Waals surface area contributed by atoms with E-state index in [1.807, 2.05) is 39.8 Å². The number of likely N-dealkylation sites (tertiary alicyclic amines) is 1. The van der Waals surface area contributed by atoms with Crippen LogP contribution in [0.4, 0.5) is 8.78 Å². The van der Waals surface area contributed by atoms with Gasteiger partial charge in [0, 0.05) is 33.5 Å². The number of benzene rings is 1.